The quantitative estimate of drug-likeness (QED) is 0.0337. The number of aliphatic hydroxyl groups is 5. The van der Waals surface area contributed by atoms with E-state index >= 15 is 0 Å². The summed E-state index contributed by atoms with van der Waals surface area (Å²) in [6.07, 6.45) is 34.5. The van der Waals surface area contributed by atoms with Crippen LogP contribution in [-0.4, -0.2) is 87.5 Å². The van der Waals surface area contributed by atoms with Crippen LogP contribution in [0.25, 0.3) is 0 Å². The van der Waals surface area contributed by atoms with E-state index in [9.17, 15) is 30.3 Å². The van der Waals surface area contributed by atoms with Gasteiger partial charge in [-0.2, -0.15) is 0 Å². The molecule has 0 bridgehead atoms. The van der Waals surface area contributed by atoms with E-state index in [2.05, 4.69) is 19.2 Å². The average molecular weight is 786 g/mol. The Bertz CT molecular complexity index is 832. The minimum absolute atomic E-state index is 0.133. The smallest absolute Gasteiger partial charge is 0.220 e. The molecule has 55 heavy (non-hydrogen) atoms. The number of carbonyl (C=O) groups is 1. The second-order valence-electron chi connectivity index (χ2n) is 16.9. The highest BCUT2D eigenvalue weighted by Crippen LogP contribution is 2.23. The van der Waals surface area contributed by atoms with Gasteiger partial charge in [-0.3, -0.25) is 4.79 Å². The summed E-state index contributed by atoms with van der Waals surface area (Å²) < 4.78 is 11.2. The van der Waals surface area contributed by atoms with Crippen LogP contribution in [0.4, 0.5) is 0 Å². The third kappa shape index (κ3) is 28.3. The third-order valence-electron chi connectivity index (χ3n) is 11.7. The van der Waals surface area contributed by atoms with Gasteiger partial charge in [0.2, 0.25) is 5.91 Å². The van der Waals surface area contributed by atoms with E-state index in [0.29, 0.717) is 12.8 Å². The number of hydrogen-bond acceptors (Lipinski definition) is 8. The van der Waals surface area contributed by atoms with Crippen molar-refractivity contribution in [2.24, 2.45) is 0 Å². The Kier molecular flexibility index (Phi) is 35.6. The van der Waals surface area contributed by atoms with E-state index in [1.165, 1.54) is 167 Å². The number of aliphatic hydroxyl groups excluding tert-OH is 5. The van der Waals surface area contributed by atoms with Crippen molar-refractivity contribution in [3.8, 4) is 0 Å². The molecule has 0 aromatic heterocycles. The van der Waals surface area contributed by atoms with Crippen LogP contribution in [0.5, 0.6) is 0 Å². The summed E-state index contributed by atoms with van der Waals surface area (Å²) in [5.74, 6) is -0.151. The Morgan fingerprint density at radius 3 is 1.29 bits per heavy atom. The van der Waals surface area contributed by atoms with Crippen LogP contribution in [0.1, 0.15) is 232 Å². The fourth-order valence-electron chi connectivity index (χ4n) is 7.87. The van der Waals surface area contributed by atoms with E-state index in [1.54, 1.807) is 0 Å². The van der Waals surface area contributed by atoms with Gasteiger partial charge in [0.05, 0.1) is 25.4 Å². The minimum Gasteiger partial charge on any atom is -0.394 e. The minimum atomic E-state index is -1.55. The molecule has 0 aliphatic carbocycles. The molecule has 9 heteroatoms. The molecule has 1 fully saturated rings. The first-order valence-electron chi connectivity index (χ1n) is 23.7. The number of hydrogen-bond donors (Lipinski definition) is 6. The standard InChI is InChI=1S/C46H91NO8/c1-3-5-7-9-11-12-13-14-15-16-17-18-19-20-21-22-23-24-25-26-27-28-29-30-31-33-35-40(49)39(47-42(50)36-34-32-10-8-6-4-2)38-54-46-45(53)44(52)43(51)41(37-48)55-46/h39-41,43-46,48-49,51-53H,3-38H2,1-2H3,(H,47,50). The van der Waals surface area contributed by atoms with Gasteiger partial charge in [-0.05, 0) is 12.8 Å². The Morgan fingerprint density at radius 1 is 0.545 bits per heavy atom. The van der Waals surface area contributed by atoms with E-state index < -0.39 is 49.5 Å². The number of ether oxygens (including phenoxy) is 2. The Balaban J connectivity index is 2.12. The summed E-state index contributed by atoms with van der Waals surface area (Å²) in [6.45, 7) is 3.78. The van der Waals surface area contributed by atoms with Gasteiger partial charge in [-0.25, -0.2) is 0 Å². The number of nitrogens with one attached hydrogen (secondary N) is 1. The molecule has 1 aliphatic rings. The number of amides is 1. The second-order valence-corrected chi connectivity index (χ2v) is 16.9. The van der Waals surface area contributed by atoms with Crippen LogP contribution in [0.3, 0.4) is 0 Å². The topological polar surface area (TPSA) is 149 Å². The highest BCUT2D eigenvalue weighted by molar-refractivity contribution is 5.76. The molecule has 0 aromatic rings. The van der Waals surface area contributed by atoms with Gasteiger partial charge in [0, 0.05) is 6.42 Å². The maximum atomic E-state index is 12.8. The number of carbonyl (C=O) groups excluding carboxylic acids is 1. The summed E-state index contributed by atoms with van der Waals surface area (Å²) >= 11 is 0. The van der Waals surface area contributed by atoms with E-state index in [1.807, 2.05) is 0 Å². The van der Waals surface area contributed by atoms with Crippen molar-refractivity contribution in [1.29, 1.82) is 0 Å². The molecule has 1 saturated heterocycles. The predicted octanol–water partition coefficient (Wildman–Crippen LogP) is 9.95. The molecule has 328 valence electrons. The van der Waals surface area contributed by atoms with Crippen molar-refractivity contribution in [3.05, 3.63) is 0 Å². The predicted molar refractivity (Wildman–Crippen MR) is 226 cm³/mol. The summed E-state index contributed by atoms with van der Waals surface area (Å²) in [5.41, 5.74) is 0. The van der Waals surface area contributed by atoms with Crippen molar-refractivity contribution >= 4 is 5.91 Å². The first-order valence-corrected chi connectivity index (χ1v) is 23.7. The molecular formula is C46H91NO8. The first kappa shape index (κ1) is 52.2. The zero-order valence-corrected chi connectivity index (χ0v) is 36.0. The highest BCUT2D eigenvalue weighted by Gasteiger charge is 2.44. The van der Waals surface area contributed by atoms with Gasteiger partial charge >= 0.3 is 0 Å². The van der Waals surface area contributed by atoms with Crippen LogP contribution < -0.4 is 5.32 Å². The van der Waals surface area contributed by atoms with E-state index in [4.69, 9.17) is 9.47 Å². The van der Waals surface area contributed by atoms with Crippen molar-refractivity contribution in [2.45, 2.75) is 275 Å². The lowest BCUT2D eigenvalue weighted by Gasteiger charge is -2.40. The number of unbranched alkanes of at least 4 members (excludes halogenated alkanes) is 30. The normalized spacial score (nSPS) is 21.2. The van der Waals surface area contributed by atoms with E-state index in [-0.39, 0.29) is 12.5 Å². The van der Waals surface area contributed by atoms with Crippen molar-refractivity contribution in [1.82, 2.24) is 5.32 Å². The molecule has 0 spiro atoms. The van der Waals surface area contributed by atoms with Gasteiger partial charge in [-0.15, -0.1) is 0 Å². The molecule has 9 nitrogen and oxygen atoms in total. The molecule has 6 N–H and O–H groups in total. The lowest BCUT2D eigenvalue weighted by Crippen LogP contribution is -2.60. The molecule has 0 saturated carbocycles. The second kappa shape index (κ2) is 37.5. The Labute approximate surface area is 338 Å². The van der Waals surface area contributed by atoms with Gasteiger partial charge in [0.15, 0.2) is 6.29 Å². The third-order valence-corrected chi connectivity index (χ3v) is 11.7. The maximum absolute atomic E-state index is 12.8. The van der Waals surface area contributed by atoms with Gasteiger partial charge in [0.1, 0.15) is 24.4 Å². The molecule has 1 heterocycles. The van der Waals surface area contributed by atoms with Gasteiger partial charge < -0.3 is 40.3 Å². The molecular weight excluding hydrogens is 695 g/mol. The Hall–Kier alpha value is -0.810. The molecule has 0 aromatic carbocycles. The van der Waals surface area contributed by atoms with Crippen LogP contribution in [-0.2, 0) is 14.3 Å². The van der Waals surface area contributed by atoms with Crippen molar-refractivity contribution in [3.63, 3.8) is 0 Å². The Morgan fingerprint density at radius 2 is 0.909 bits per heavy atom. The molecule has 0 radical (unpaired) electrons. The molecule has 1 amide bonds. The highest BCUT2D eigenvalue weighted by atomic mass is 16.7. The molecule has 7 atom stereocenters. The van der Waals surface area contributed by atoms with Crippen LogP contribution in [0.2, 0.25) is 0 Å². The molecule has 7 unspecified atom stereocenters. The summed E-state index contributed by atoms with van der Waals surface area (Å²) in [6, 6.07) is -0.709. The largest absolute Gasteiger partial charge is 0.394 e. The first-order chi connectivity index (χ1) is 26.8. The SMILES string of the molecule is CCCCCCCCCCCCCCCCCCCCCCCCCCCCC(O)C(COC1OC(CO)C(O)C(O)C1O)NC(=O)CCCCCCCC. The monoisotopic (exact) mass is 786 g/mol. The molecule has 1 rings (SSSR count). The lowest BCUT2D eigenvalue weighted by molar-refractivity contribution is -0.302. The van der Waals surface area contributed by atoms with Crippen LogP contribution in [0.15, 0.2) is 0 Å². The maximum Gasteiger partial charge on any atom is 0.220 e. The summed E-state index contributed by atoms with van der Waals surface area (Å²) in [5, 5.41) is 54.1. The van der Waals surface area contributed by atoms with Crippen LogP contribution >= 0.6 is 0 Å². The van der Waals surface area contributed by atoms with Crippen molar-refractivity contribution < 1.29 is 39.8 Å². The summed E-state index contributed by atoms with van der Waals surface area (Å²) in [4.78, 5) is 12.8. The number of rotatable bonds is 40. The summed E-state index contributed by atoms with van der Waals surface area (Å²) in [7, 11) is 0. The average Bonchev–Trinajstić information content (AvgIpc) is 3.18. The fraction of sp³-hybridized carbons (Fsp3) is 0.978. The van der Waals surface area contributed by atoms with Crippen molar-refractivity contribution in [2.75, 3.05) is 13.2 Å². The van der Waals surface area contributed by atoms with Crippen LogP contribution in [0, 0.1) is 0 Å². The lowest BCUT2D eigenvalue weighted by atomic mass is 9.99. The zero-order valence-electron chi connectivity index (χ0n) is 36.0. The van der Waals surface area contributed by atoms with Gasteiger partial charge in [0.25, 0.3) is 0 Å². The zero-order chi connectivity index (χ0) is 40.2. The van der Waals surface area contributed by atoms with Gasteiger partial charge in [-0.1, -0.05) is 213 Å². The fourth-order valence-corrected chi connectivity index (χ4v) is 7.87. The van der Waals surface area contributed by atoms with E-state index in [0.717, 1.165) is 38.5 Å². The molecule has 1 aliphatic heterocycles.